The molecule has 0 aromatic rings. The summed E-state index contributed by atoms with van der Waals surface area (Å²) in [6.45, 7) is 7.91. The van der Waals surface area contributed by atoms with Crippen molar-refractivity contribution in [1.82, 2.24) is 0 Å². The van der Waals surface area contributed by atoms with Crippen LogP contribution in [0.25, 0.3) is 0 Å². The first-order chi connectivity index (χ1) is 12.1. The van der Waals surface area contributed by atoms with Crippen molar-refractivity contribution in [3.8, 4) is 0 Å². The van der Waals surface area contributed by atoms with Crippen molar-refractivity contribution in [3.05, 3.63) is 34.6 Å². The van der Waals surface area contributed by atoms with Crippen molar-refractivity contribution in [3.63, 3.8) is 0 Å². The summed E-state index contributed by atoms with van der Waals surface area (Å²) in [6, 6.07) is 0. The number of hydrogen-bond acceptors (Lipinski definition) is 5. The number of carbonyl (C=O) groups is 1. The summed E-state index contributed by atoms with van der Waals surface area (Å²) in [5.41, 5.74) is 1.61. The fourth-order valence-corrected chi connectivity index (χ4v) is 3.60. The van der Waals surface area contributed by atoms with Crippen LogP contribution in [0.4, 0.5) is 0 Å². The summed E-state index contributed by atoms with van der Waals surface area (Å²) in [7, 11) is 0. The van der Waals surface area contributed by atoms with Crippen LogP contribution in [0.2, 0.25) is 0 Å². The van der Waals surface area contributed by atoms with E-state index in [1.54, 1.807) is 6.92 Å². The van der Waals surface area contributed by atoms with E-state index in [0.717, 1.165) is 12.8 Å². The Bertz CT molecular complexity index is 622. The molecule has 0 bridgehead atoms. The van der Waals surface area contributed by atoms with Crippen molar-refractivity contribution >= 4 is 5.78 Å². The average Bonchev–Trinajstić information content (AvgIpc) is 2.80. The zero-order chi connectivity index (χ0) is 19.5. The van der Waals surface area contributed by atoms with E-state index >= 15 is 0 Å². The van der Waals surface area contributed by atoms with Gasteiger partial charge in [-0.25, -0.2) is 0 Å². The van der Waals surface area contributed by atoms with Crippen molar-refractivity contribution in [2.75, 3.05) is 0 Å². The molecule has 0 spiro atoms. The highest BCUT2D eigenvalue weighted by molar-refractivity contribution is 5.96. The Balaban J connectivity index is 2.04. The summed E-state index contributed by atoms with van der Waals surface area (Å²) < 4.78 is 5.99. The first-order valence-corrected chi connectivity index (χ1v) is 9.42. The first-order valence-electron chi connectivity index (χ1n) is 9.42. The molecule has 1 aliphatic heterocycles. The number of aliphatic hydroxyl groups excluding tert-OH is 2. The Kier molecular flexibility index (Phi) is 6.83. The zero-order valence-corrected chi connectivity index (χ0v) is 16.3. The molecule has 0 radical (unpaired) electrons. The highest BCUT2D eigenvalue weighted by atomic mass is 16.5. The van der Waals surface area contributed by atoms with Crippen molar-refractivity contribution in [2.24, 2.45) is 0 Å². The van der Waals surface area contributed by atoms with Gasteiger partial charge in [-0.2, -0.15) is 0 Å². The summed E-state index contributed by atoms with van der Waals surface area (Å²) in [5.74, 6) is -0.443. The van der Waals surface area contributed by atoms with Gasteiger partial charge in [-0.15, -0.1) is 0 Å². The second-order valence-corrected chi connectivity index (χ2v) is 8.10. The van der Waals surface area contributed by atoms with Crippen LogP contribution in [-0.2, 0) is 9.53 Å². The van der Waals surface area contributed by atoms with Gasteiger partial charge in [0.25, 0.3) is 0 Å². The van der Waals surface area contributed by atoms with E-state index in [2.05, 4.69) is 26.8 Å². The molecule has 0 aromatic heterocycles. The monoisotopic (exact) mass is 364 g/mol. The molecule has 26 heavy (non-hydrogen) atoms. The summed E-state index contributed by atoms with van der Waals surface area (Å²) in [5, 5.41) is 30.5. The van der Waals surface area contributed by atoms with Crippen LogP contribution in [0.1, 0.15) is 66.2 Å². The van der Waals surface area contributed by atoms with Crippen molar-refractivity contribution in [1.29, 1.82) is 0 Å². The van der Waals surface area contributed by atoms with E-state index in [0.29, 0.717) is 6.42 Å². The number of allylic oxidation sites excluding steroid dienone is 3. The van der Waals surface area contributed by atoms with Gasteiger partial charge >= 0.3 is 0 Å². The lowest BCUT2D eigenvalue weighted by Gasteiger charge is -2.27. The number of rotatable bonds is 6. The third kappa shape index (κ3) is 5.29. The highest BCUT2D eigenvalue weighted by Gasteiger charge is 2.44. The Morgan fingerprint density at radius 1 is 1.35 bits per heavy atom. The fraction of sp³-hybridized carbons (Fsp3) is 0.667. The molecular formula is C21H32O5. The predicted molar refractivity (Wildman–Crippen MR) is 101 cm³/mol. The van der Waals surface area contributed by atoms with Gasteiger partial charge in [0.2, 0.25) is 0 Å². The van der Waals surface area contributed by atoms with E-state index in [4.69, 9.17) is 4.74 Å². The van der Waals surface area contributed by atoms with Crippen LogP contribution in [0, 0.1) is 0 Å². The molecule has 0 saturated carbocycles. The molecule has 3 N–H and O–H groups in total. The van der Waals surface area contributed by atoms with Crippen LogP contribution in [0.3, 0.4) is 0 Å². The van der Waals surface area contributed by atoms with Crippen LogP contribution < -0.4 is 0 Å². The number of hydrogen-bond donors (Lipinski definition) is 3. The summed E-state index contributed by atoms with van der Waals surface area (Å²) >= 11 is 0. The molecule has 2 aliphatic rings. The Morgan fingerprint density at radius 2 is 2.04 bits per heavy atom. The molecular weight excluding hydrogens is 332 g/mol. The number of ether oxygens (including phenoxy) is 1. The van der Waals surface area contributed by atoms with Gasteiger partial charge < -0.3 is 20.1 Å². The second kappa shape index (κ2) is 8.51. The van der Waals surface area contributed by atoms with Crippen LogP contribution in [-0.4, -0.2) is 45.0 Å². The Labute approximate surface area is 156 Å². The second-order valence-electron chi connectivity index (χ2n) is 8.10. The standard InChI is InChI=1S/C21H32O5/c1-13(2)6-5-7-14(3)10-15-12-21(4,25)19(26-15)11-16-17(22)8-9-18(23)20(16)24/h6,10,15,18-19,23-25H,5,7-9,11-12H2,1-4H3/b14-10+/t15-,18-,19-,21-/m0/s1. The van der Waals surface area contributed by atoms with Crippen molar-refractivity contribution < 1.29 is 24.9 Å². The molecule has 4 atom stereocenters. The van der Waals surface area contributed by atoms with Gasteiger partial charge in [0.15, 0.2) is 5.78 Å². The van der Waals surface area contributed by atoms with Crippen LogP contribution in [0.15, 0.2) is 34.6 Å². The van der Waals surface area contributed by atoms with Crippen LogP contribution in [0.5, 0.6) is 0 Å². The van der Waals surface area contributed by atoms with E-state index in [-0.39, 0.29) is 42.5 Å². The van der Waals surface area contributed by atoms with E-state index in [1.165, 1.54) is 11.1 Å². The Hall–Kier alpha value is -1.43. The minimum Gasteiger partial charge on any atom is -0.509 e. The topological polar surface area (TPSA) is 87.0 Å². The molecule has 0 amide bonds. The van der Waals surface area contributed by atoms with Gasteiger partial charge in [-0.1, -0.05) is 23.3 Å². The number of Topliss-reactive ketones (excluding diaryl/α,β-unsaturated/α-hetero) is 1. The number of aliphatic hydroxyl groups is 3. The van der Waals surface area contributed by atoms with Gasteiger partial charge in [0.05, 0.1) is 17.8 Å². The maximum absolute atomic E-state index is 12.1. The molecule has 1 aliphatic carbocycles. The normalized spacial score (nSPS) is 32.9. The average molecular weight is 364 g/mol. The van der Waals surface area contributed by atoms with E-state index in [1.807, 2.05) is 6.08 Å². The quantitative estimate of drug-likeness (QED) is 0.628. The highest BCUT2D eigenvalue weighted by Crippen LogP contribution is 2.37. The SMILES string of the molecule is CC(C)=CCC/C(C)=C/[C@H]1C[C@](C)(O)[C@H](CC2=C(O)[C@@H](O)CCC2=O)O1. The summed E-state index contributed by atoms with van der Waals surface area (Å²) in [4.78, 5) is 12.1. The minimum absolute atomic E-state index is 0.121. The third-order valence-electron chi connectivity index (χ3n) is 5.20. The summed E-state index contributed by atoms with van der Waals surface area (Å²) in [6.07, 6.45) is 5.38. The van der Waals surface area contributed by atoms with Gasteiger partial charge in [0.1, 0.15) is 11.9 Å². The molecule has 2 rings (SSSR count). The number of carbonyl (C=O) groups excluding carboxylic acids is 1. The lowest BCUT2D eigenvalue weighted by Crippen LogP contribution is -2.36. The molecule has 0 aromatic carbocycles. The van der Waals surface area contributed by atoms with Gasteiger partial charge in [0, 0.05) is 24.8 Å². The molecule has 5 nitrogen and oxygen atoms in total. The van der Waals surface area contributed by atoms with Crippen molar-refractivity contribution in [2.45, 2.75) is 90.1 Å². The zero-order valence-electron chi connectivity index (χ0n) is 16.3. The van der Waals surface area contributed by atoms with Crippen LogP contribution >= 0.6 is 0 Å². The third-order valence-corrected chi connectivity index (χ3v) is 5.20. The smallest absolute Gasteiger partial charge is 0.162 e. The predicted octanol–water partition coefficient (Wildman–Crippen LogP) is 3.51. The van der Waals surface area contributed by atoms with E-state index in [9.17, 15) is 20.1 Å². The molecule has 1 saturated heterocycles. The lowest BCUT2D eigenvalue weighted by molar-refractivity contribution is -0.118. The Morgan fingerprint density at radius 3 is 2.69 bits per heavy atom. The molecule has 1 heterocycles. The molecule has 1 fully saturated rings. The number of ketones is 1. The van der Waals surface area contributed by atoms with E-state index < -0.39 is 17.8 Å². The maximum atomic E-state index is 12.1. The lowest BCUT2D eigenvalue weighted by atomic mass is 9.85. The molecule has 146 valence electrons. The molecule has 0 unspecified atom stereocenters. The first kappa shape index (κ1) is 20.9. The van der Waals surface area contributed by atoms with Gasteiger partial charge in [-0.05, 0) is 47.0 Å². The fourth-order valence-electron chi connectivity index (χ4n) is 3.60. The maximum Gasteiger partial charge on any atom is 0.162 e. The van der Waals surface area contributed by atoms with Gasteiger partial charge in [-0.3, -0.25) is 4.79 Å². The largest absolute Gasteiger partial charge is 0.509 e. The minimum atomic E-state index is -1.09. The molecule has 5 heteroatoms.